The van der Waals surface area contributed by atoms with Gasteiger partial charge in [-0.1, -0.05) is 12.7 Å². The van der Waals surface area contributed by atoms with Gasteiger partial charge in [0.25, 0.3) is 0 Å². The molecule has 0 aliphatic carbocycles. The Labute approximate surface area is 153 Å². The van der Waals surface area contributed by atoms with Crippen molar-refractivity contribution >= 4 is 17.8 Å². The molecular weight excluding hydrogens is 336 g/mol. The van der Waals surface area contributed by atoms with Gasteiger partial charge in [0, 0.05) is 16.2 Å². The standard InChI is InChI=1S/C20H24O4S/c1-6-14-11-15(7-8-17(14)24-20(2,3)4)25-12-13-9-16(21)19(22)18(10-13)23-5/h6-11,21-22H,1,12H2,2-5H3. The number of methoxy groups -OCH3 is 1. The van der Waals surface area contributed by atoms with Gasteiger partial charge in [0.15, 0.2) is 11.5 Å². The highest BCUT2D eigenvalue weighted by Gasteiger charge is 2.14. The van der Waals surface area contributed by atoms with E-state index in [0.29, 0.717) is 5.75 Å². The number of phenolic OH excluding ortho intramolecular Hbond substituents is 2. The van der Waals surface area contributed by atoms with E-state index in [1.54, 1.807) is 23.9 Å². The molecule has 0 fully saturated rings. The normalized spacial score (nSPS) is 11.2. The minimum atomic E-state index is -0.271. The zero-order chi connectivity index (χ0) is 18.6. The molecule has 5 heteroatoms. The summed E-state index contributed by atoms with van der Waals surface area (Å²) in [5.41, 5.74) is 1.52. The molecule has 0 unspecified atom stereocenters. The maximum atomic E-state index is 9.77. The van der Waals surface area contributed by atoms with E-state index in [1.807, 2.05) is 39.0 Å². The molecule has 0 heterocycles. The van der Waals surface area contributed by atoms with Crippen molar-refractivity contribution < 1.29 is 19.7 Å². The van der Waals surface area contributed by atoms with E-state index in [-0.39, 0.29) is 22.8 Å². The highest BCUT2D eigenvalue weighted by atomic mass is 32.2. The second-order valence-corrected chi connectivity index (χ2v) is 7.62. The van der Waals surface area contributed by atoms with Gasteiger partial charge in [-0.05, 0) is 56.7 Å². The maximum absolute atomic E-state index is 9.77. The van der Waals surface area contributed by atoms with Crippen LogP contribution in [0.5, 0.6) is 23.0 Å². The van der Waals surface area contributed by atoms with Gasteiger partial charge < -0.3 is 19.7 Å². The maximum Gasteiger partial charge on any atom is 0.200 e. The van der Waals surface area contributed by atoms with Gasteiger partial charge in [0.05, 0.1) is 7.11 Å². The van der Waals surface area contributed by atoms with Gasteiger partial charge in [-0.15, -0.1) is 11.8 Å². The fourth-order valence-corrected chi connectivity index (χ4v) is 3.13. The predicted molar refractivity (Wildman–Crippen MR) is 103 cm³/mol. The number of benzene rings is 2. The van der Waals surface area contributed by atoms with Crippen LogP contribution in [0.3, 0.4) is 0 Å². The van der Waals surface area contributed by atoms with E-state index in [4.69, 9.17) is 9.47 Å². The number of hydrogen-bond acceptors (Lipinski definition) is 5. The van der Waals surface area contributed by atoms with Crippen LogP contribution in [-0.4, -0.2) is 22.9 Å². The molecule has 0 aromatic heterocycles. The van der Waals surface area contributed by atoms with Crippen LogP contribution in [0.1, 0.15) is 31.9 Å². The van der Waals surface area contributed by atoms with Crippen LogP contribution in [0.25, 0.3) is 6.08 Å². The van der Waals surface area contributed by atoms with Crippen molar-refractivity contribution in [1.82, 2.24) is 0 Å². The SMILES string of the molecule is C=Cc1cc(SCc2cc(O)c(O)c(OC)c2)ccc1OC(C)(C)C. The molecule has 2 rings (SSSR count). The molecule has 0 atom stereocenters. The third-order valence-electron chi connectivity index (χ3n) is 3.36. The zero-order valence-electron chi connectivity index (χ0n) is 15.0. The largest absolute Gasteiger partial charge is 0.504 e. The van der Waals surface area contributed by atoms with Crippen LogP contribution in [0.2, 0.25) is 0 Å². The topological polar surface area (TPSA) is 58.9 Å². The van der Waals surface area contributed by atoms with E-state index < -0.39 is 0 Å². The Bertz CT molecular complexity index is 763. The van der Waals surface area contributed by atoms with Gasteiger partial charge in [-0.25, -0.2) is 0 Å². The molecule has 2 aromatic rings. The average Bonchev–Trinajstić information content (AvgIpc) is 2.55. The molecule has 0 bridgehead atoms. The lowest BCUT2D eigenvalue weighted by Crippen LogP contribution is -2.23. The first kappa shape index (κ1) is 19.1. The first-order chi connectivity index (χ1) is 11.7. The summed E-state index contributed by atoms with van der Waals surface area (Å²) >= 11 is 1.61. The Morgan fingerprint density at radius 1 is 1.12 bits per heavy atom. The highest BCUT2D eigenvalue weighted by Crippen LogP contribution is 2.38. The first-order valence-corrected chi connectivity index (χ1v) is 8.89. The van der Waals surface area contributed by atoms with Crippen LogP contribution in [0.15, 0.2) is 41.8 Å². The van der Waals surface area contributed by atoms with Gasteiger partial charge in [-0.3, -0.25) is 0 Å². The Morgan fingerprint density at radius 3 is 2.44 bits per heavy atom. The van der Waals surface area contributed by atoms with Crippen molar-refractivity contribution in [2.24, 2.45) is 0 Å². The molecule has 0 saturated heterocycles. The van der Waals surface area contributed by atoms with Crippen LogP contribution >= 0.6 is 11.8 Å². The van der Waals surface area contributed by atoms with Crippen LogP contribution < -0.4 is 9.47 Å². The summed E-state index contributed by atoms with van der Waals surface area (Å²) in [6, 6.07) is 9.22. The lowest BCUT2D eigenvalue weighted by molar-refractivity contribution is 0.130. The molecule has 0 aliphatic heterocycles. The van der Waals surface area contributed by atoms with Gasteiger partial charge in [0.1, 0.15) is 11.4 Å². The van der Waals surface area contributed by atoms with E-state index in [1.165, 1.54) is 13.2 Å². The molecule has 25 heavy (non-hydrogen) atoms. The smallest absolute Gasteiger partial charge is 0.200 e. The molecular formula is C20H24O4S. The van der Waals surface area contributed by atoms with Crippen molar-refractivity contribution in [3.05, 3.63) is 48.0 Å². The summed E-state index contributed by atoms with van der Waals surface area (Å²) in [5, 5.41) is 19.5. The van der Waals surface area contributed by atoms with Crippen molar-refractivity contribution in [2.45, 2.75) is 37.0 Å². The number of ether oxygens (including phenoxy) is 2. The van der Waals surface area contributed by atoms with Crippen molar-refractivity contribution in [3.8, 4) is 23.0 Å². The minimum absolute atomic E-state index is 0.185. The first-order valence-electron chi connectivity index (χ1n) is 7.90. The molecule has 134 valence electrons. The minimum Gasteiger partial charge on any atom is -0.504 e. The second kappa shape index (κ2) is 7.74. The van der Waals surface area contributed by atoms with E-state index in [0.717, 1.165) is 21.8 Å². The number of phenols is 2. The summed E-state index contributed by atoms with van der Waals surface area (Å²) in [6.07, 6.45) is 1.78. The average molecular weight is 360 g/mol. The Balaban J connectivity index is 2.16. The molecule has 0 aliphatic rings. The Hall–Kier alpha value is -2.27. The summed E-state index contributed by atoms with van der Waals surface area (Å²) in [6.45, 7) is 9.88. The van der Waals surface area contributed by atoms with Crippen molar-refractivity contribution in [1.29, 1.82) is 0 Å². The quantitative estimate of drug-likeness (QED) is 0.546. The summed E-state index contributed by atoms with van der Waals surface area (Å²) in [5.74, 6) is 1.26. The Kier molecular flexibility index (Phi) is 5.90. The van der Waals surface area contributed by atoms with E-state index in [2.05, 4.69) is 6.58 Å². The molecule has 2 aromatic carbocycles. The van der Waals surface area contributed by atoms with Crippen LogP contribution in [0, 0.1) is 0 Å². The molecule has 0 spiro atoms. The lowest BCUT2D eigenvalue weighted by atomic mass is 10.1. The summed E-state index contributed by atoms with van der Waals surface area (Å²) in [4.78, 5) is 1.06. The van der Waals surface area contributed by atoms with Crippen molar-refractivity contribution in [2.75, 3.05) is 7.11 Å². The molecule has 0 saturated carbocycles. The molecule has 0 amide bonds. The summed E-state index contributed by atoms with van der Waals surface area (Å²) in [7, 11) is 1.45. The van der Waals surface area contributed by atoms with Crippen LogP contribution in [0.4, 0.5) is 0 Å². The monoisotopic (exact) mass is 360 g/mol. The van der Waals surface area contributed by atoms with E-state index in [9.17, 15) is 10.2 Å². The van der Waals surface area contributed by atoms with Gasteiger partial charge >= 0.3 is 0 Å². The van der Waals surface area contributed by atoms with Crippen molar-refractivity contribution in [3.63, 3.8) is 0 Å². The van der Waals surface area contributed by atoms with Gasteiger partial charge in [0.2, 0.25) is 5.75 Å². The number of thioether (sulfide) groups is 1. The highest BCUT2D eigenvalue weighted by molar-refractivity contribution is 7.98. The molecule has 0 radical (unpaired) electrons. The number of hydrogen-bond donors (Lipinski definition) is 2. The predicted octanol–water partition coefficient (Wildman–Crippen LogP) is 5.22. The fraction of sp³-hybridized carbons (Fsp3) is 0.300. The fourth-order valence-electron chi connectivity index (χ4n) is 2.25. The molecule has 4 nitrogen and oxygen atoms in total. The number of aromatic hydroxyl groups is 2. The van der Waals surface area contributed by atoms with E-state index >= 15 is 0 Å². The Morgan fingerprint density at radius 2 is 1.84 bits per heavy atom. The third kappa shape index (κ3) is 5.10. The third-order valence-corrected chi connectivity index (χ3v) is 4.42. The van der Waals surface area contributed by atoms with Gasteiger partial charge in [-0.2, -0.15) is 0 Å². The molecule has 2 N–H and O–H groups in total. The lowest BCUT2D eigenvalue weighted by Gasteiger charge is -2.23. The second-order valence-electron chi connectivity index (χ2n) is 6.57. The summed E-state index contributed by atoms with van der Waals surface area (Å²) < 4.78 is 11.0. The zero-order valence-corrected chi connectivity index (χ0v) is 15.8. The number of rotatable bonds is 6. The van der Waals surface area contributed by atoms with Crippen LogP contribution in [-0.2, 0) is 5.75 Å².